The molecule has 2 aromatic heterocycles. The van der Waals surface area contributed by atoms with E-state index >= 15 is 0 Å². The fraction of sp³-hybridized carbons (Fsp3) is 0.200. The van der Waals surface area contributed by atoms with Crippen molar-refractivity contribution in [2.24, 2.45) is 0 Å². The lowest BCUT2D eigenvalue weighted by Crippen LogP contribution is -2.00. The minimum atomic E-state index is 0.669. The van der Waals surface area contributed by atoms with Gasteiger partial charge in [0, 0.05) is 17.7 Å². The molecule has 0 aliphatic heterocycles. The SMILES string of the molecule is CCCn1c2ccccc2c2nnc(SCc3ccc(C#N)cc3)nc21. The van der Waals surface area contributed by atoms with Gasteiger partial charge in [0.15, 0.2) is 5.65 Å². The Balaban J connectivity index is 1.67. The van der Waals surface area contributed by atoms with Crippen LogP contribution in [0.5, 0.6) is 0 Å². The second-order valence-electron chi connectivity index (χ2n) is 6.03. The second-order valence-corrected chi connectivity index (χ2v) is 6.98. The monoisotopic (exact) mass is 359 g/mol. The van der Waals surface area contributed by atoms with E-state index < -0.39 is 0 Å². The van der Waals surface area contributed by atoms with Crippen molar-refractivity contribution < 1.29 is 0 Å². The summed E-state index contributed by atoms with van der Waals surface area (Å²) < 4.78 is 2.23. The minimum Gasteiger partial charge on any atom is -0.324 e. The summed E-state index contributed by atoms with van der Waals surface area (Å²) in [7, 11) is 0. The highest BCUT2D eigenvalue weighted by Crippen LogP contribution is 2.28. The fourth-order valence-electron chi connectivity index (χ4n) is 3.02. The molecule has 0 unspecified atom stereocenters. The van der Waals surface area contributed by atoms with Crippen molar-refractivity contribution in [2.45, 2.75) is 30.8 Å². The quantitative estimate of drug-likeness (QED) is 0.489. The zero-order chi connectivity index (χ0) is 17.9. The molecule has 2 aromatic carbocycles. The highest BCUT2D eigenvalue weighted by atomic mass is 32.2. The third-order valence-corrected chi connectivity index (χ3v) is 5.16. The van der Waals surface area contributed by atoms with E-state index in [9.17, 15) is 0 Å². The molecule has 2 heterocycles. The molecule has 128 valence electrons. The van der Waals surface area contributed by atoms with Crippen molar-refractivity contribution in [3.63, 3.8) is 0 Å². The highest BCUT2D eigenvalue weighted by molar-refractivity contribution is 7.98. The summed E-state index contributed by atoms with van der Waals surface area (Å²) in [4.78, 5) is 4.78. The number of aromatic nitrogens is 4. The van der Waals surface area contributed by atoms with Gasteiger partial charge in [-0.1, -0.05) is 49.0 Å². The fourth-order valence-corrected chi connectivity index (χ4v) is 3.76. The molecule has 0 aliphatic rings. The molecule has 0 saturated heterocycles. The van der Waals surface area contributed by atoms with Gasteiger partial charge >= 0.3 is 0 Å². The van der Waals surface area contributed by atoms with Crippen LogP contribution >= 0.6 is 11.8 Å². The predicted molar refractivity (Wildman–Crippen MR) is 104 cm³/mol. The first-order valence-electron chi connectivity index (χ1n) is 8.53. The summed E-state index contributed by atoms with van der Waals surface area (Å²) in [5.74, 6) is 0.743. The average Bonchev–Trinajstić information content (AvgIpc) is 3.00. The first kappa shape index (κ1) is 16.6. The molecule has 0 fully saturated rings. The van der Waals surface area contributed by atoms with Crippen LogP contribution in [0.2, 0.25) is 0 Å². The van der Waals surface area contributed by atoms with Crippen LogP contribution in [-0.2, 0) is 12.3 Å². The van der Waals surface area contributed by atoms with Crippen LogP contribution < -0.4 is 0 Å². The molecule has 0 N–H and O–H groups in total. The molecule has 6 heteroatoms. The molecule has 4 rings (SSSR count). The van der Waals surface area contributed by atoms with Crippen molar-refractivity contribution in [3.8, 4) is 6.07 Å². The van der Waals surface area contributed by atoms with Gasteiger partial charge in [-0.15, -0.1) is 10.2 Å². The van der Waals surface area contributed by atoms with Crippen molar-refractivity contribution in [1.82, 2.24) is 19.7 Å². The first-order valence-corrected chi connectivity index (χ1v) is 9.52. The zero-order valence-electron chi connectivity index (χ0n) is 14.4. The molecular formula is C20H17N5S. The van der Waals surface area contributed by atoms with Gasteiger partial charge in [0.25, 0.3) is 0 Å². The van der Waals surface area contributed by atoms with Crippen LogP contribution in [0.1, 0.15) is 24.5 Å². The maximum Gasteiger partial charge on any atom is 0.211 e. The molecule has 0 aliphatic carbocycles. The number of nitriles is 1. The van der Waals surface area contributed by atoms with Crippen LogP contribution in [0.3, 0.4) is 0 Å². The van der Waals surface area contributed by atoms with Crippen LogP contribution in [0.4, 0.5) is 0 Å². The lowest BCUT2D eigenvalue weighted by Gasteiger charge is -2.05. The topological polar surface area (TPSA) is 67.4 Å². The van der Waals surface area contributed by atoms with Gasteiger partial charge in [-0.25, -0.2) is 4.98 Å². The molecule has 0 saturated carbocycles. The standard InChI is InChI=1S/C20H17N5S/c1-2-11-25-17-6-4-3-5-16(17)18-19(25)22-20(24-23-18)26-13-15-9-7-14(12-21)8-10-15/h3-10H,2,11,13H2,1H3. The van der Waals surface area contributed by atoms with Gasteiger partial charge < -0.3 is 4.57 Å². The van der Waals surface area contributed by atoms with Gasteiger partial charge in [-0.3, -0.25) is 0 Å². The number of nitrogens with zero attached hydrogens (tertiary/aromatic N) is 5. The van der Waals surface area contributed by atoms with Gasteiger partial charge in [0.2, 0.25) is 5.16 Å². The molecule has 4 aromatic rings. The largest absolute Gasteiger partial charge is 0.324 e. The Hall–Kier alpha value is -2.91. The van der Waals surface area contributed by atoms with Crippen molar-refractivity contribution in [2.75, 3.05) is 0 Å². The van der Waals surface area contributed by atoms with Gasteiger partial charge in [-0.05, 0) is 30.2 Å². The van der Waals surface area contributed by atoms with Gasteiger partial charge in [0.05, 0.1) is 17.1 Å². The summed E-state index contributed by atoms with van der Waals surface area (Å²) >= 11 is 1.56. The summed E-state index contributed by atoms with van der Waals surface area (Å²) in [6.07, 6.45) is 1.03. The van der Waals surface area contributed by atoms with Crippen LogP contribution in [-0.4, -0.2) is 19.7 Å². The number of fused-ring (bicyclic) bond motifs is 3. The Morgan fingerprint density at radius 1 is 1.08 bits per heavy atom. The van der Waals surface area contributed by atoms with Crippen LogP contribution in [0.25, 0.3) is 22.1 Å². The Morgan fingerprint density at radius 2 is 1.88 bits per heavy atom. The van der Waals surface area contributed by atoms with Crippen molar-refractivity contribution >= 4 is 33.8 Å². The highest BCUT2D eigenvalue weighted by Gasteiger charge is 2.14. The average molecular weight is 359 g/mol. The maximum atomic E-state index is 8.88. The summed E-state index contributed by atoms with van der Waals surface area (Å²) in [5, 5.41) is 19.4. The number of aryl methyl sites for hydroxylation is 1. The van der Waals surface area contributed by atoms with E-state index in [1.54, 1.807) is 11.8 Å². The Morgan fingerprint density at radius 3 is 2.65 bits per heavy atom. The van der Waals surface area contributed by atoms with E-state index in [1.807, 2.05) is 36.4 Å². The van der Waals surface area contributed by atoms with Crippen LogP contribution in [0, 0.1) is 11.3 Å². The molecule has 0 atom stereocenters. The number of thioether (sulfide) groups is 1. The molecule has 26 heavy (non-hydrogen) atoms. The van der Waals surface area contributed by atoms with E-state index in [-0.39, 0.29) is 0 Å². The molecule has 5 nitrogen and oxygen atoms in total. The lowest BCUT2D eigenvalue weighted by molar-refractivity contribution is 0.709. The van der Waals surface area contributed by atoms with Crippen molar-refractivity contribution in [1.29, 1.82) is 5.26 Å². The van der Waals surface area contributed by atoms with Gasteiger partial charge in [-0.2, -0.15) is 5.26 Å². The molecule has 0 spiro atoms. The zero-order valence-corrected chi connectivity index (χ0v) is 15.2. The normalized spacial score (nSPS) is 11.1. The van der Waals surface area contributed by atoms with Crippen LogP contribution in [0.15, 0.2) is 53.7 Å². The molecule has 0 amide bonds. The van der Waals surface area contributed by atoms with E-state index in [0.717, 1.165) is 46.3 Å². The summed E-state index contributed by atoms with van der Waals surface area (Å²) in [6, 6.07) is 18.0. The second kappa shape index (κ2) is 7.14. The number of para-hydroxylation sites is 1. The predicted octanol–water partition coefficient (Wildman–Crippen LogP) is 4.55. The molecule has 0 bridgehead atoms. The smallest absolute Gasteiger partial charge is 0.211 e. The number of hydrogen-bond donors (Lipinski definition) is 0. The first-order chi connectivity index (χ1) is 12.8. The minimum absolute atomic E-state index is 0.669. The van der Waals surface area contributed by atoms with E-state index in [0.29, 0.717) is 10.7 Å². The Kier molecular flexibility index (Phi) is 4.55. The van der Waals surface area contributed by atoms with Gasteiger partial charge in [0.1, 0.15) is 5.52 Å². The Bertz CT molecular complexity index is 1110. The van der Waals surface area contributed by atoms with Crippen molar-refractivity contribution in [3.05, 3.63) is 59.7 Å². The third kappa shape index (κ3) is 3.02. The number of rotatable bonds is 5. The summed E-state index contributed by atoms with van der Waals surface area (Å²) in [6.45, 7) is 3.07. The number of benzene rings is 2. The summed E-state index contributed by atoms with van der Waals surface area (Å²) in [5.41, 5.74) is 4.71. The third-order valence-electron chi connectivity index (χ3n) is 4.25. The van der Waals surface area contributed by atoms with E-state index in [1.165, 1.54) is 0 Å². The van der Waals surface area contributed by atoms with E-state index in [2.05, 4.69) is 39.9 Å². The molecule has 0 radical (unpaired) electrons. The number of hydrogen-bond acceptors (Lipinski definition) is 5. The van der Waals surface area contributed by atoms with E-state index in [4.69, 9.17) is 10.2 Å². The maximum absolute atomic E-state index is 8.88. The lowest BCUT2D eigenvalue weighted by atomic mass is 10.2. The molecular weight excluding hydrogens is 342 g/mol. The Labute approximate surface area is 155 Å².